The molecule has 1 aromatic heterocycles. The summed E-state index contributed by atoms with van der Waals surface area (Å²) in [5.74, 6) is 2.30. The van der Waals surface area contributed by atoms with Gasteiger partial charge in [0.15, 0.2) is 0 Å². The lowest BCUT2D eigenvalue weighted by Crippen LogP contribution is -2.32. The van der Waals surface area contributed by atoms with Crippen LogP contribution in [0.25, 0.3) is 11.0 Å². The molecule has 130 valence electrons. The Kier molecular flexibility index (Phi) is 5.19. The minimum Gasteiger partial charge on any atom is -0.355 e. The van der Waals surface area contributed by atoms with Gasteiger partial charge in [-0.15, -0.1) is 0 Å². The van der Waals surface area contributed by atoms with Gasteiger partial charge in [0.2, 0.25) is 5.91 Å². The van der Waals surface area contributed by atoms with E-state index < -0.39 is 0 Å². The van der Waals surface area contributed by atoms with Crippen LogP contribution in [0.5, 0.6) is 0 Å². The molecule has 2 heterocycles. The van der Waals surface area contributed by atoms with Gasteiger partial charge < -0.3 is 15.2 Å². The Morgan fingerprint density at radius 1 is 1.46 bits per heavy atom. The molecular weight excluding hydrogens is 300 g/mol. The van der Waals surface area contributed by atoms with E-state index in [1.165, 1.54) is 6.42 Å². The number of carbonyl (C=O) groups excluding carboxylic acids is 1. The number of nitrogens with one attached hydrogen (secondary N) is 2. The quantitative estimate of drug-likeness (QED) is 0.856. The second-order valence-electron chi connectivity index (χ2n) is 7.46. The fourth-order valence-electron chi connectivity index (χ4n) is 3.56. The third-order valence-corrected chi connectivity index (χ3v) is 4.61. The number of hydrogen-bond acceptors (Lipinski definition) is 3. The molecule has 2 aromatic rings. The highest BCUT2D eigenvalue weighted by Gasteiger charge is 2.23. The maximum Gasteiger partial charge on any atom is 0.224 e. The molecular formula is C19H28N4O. The van der Waals surface area contributed by atoms with Crippen LogP contribution in [0.4, 0.5) is 0 Å². The Balaban J connectivity index is 1.47. The number of H-pyrrole nitrogens is 1. The van der Waals surface area contributed by atoms with Crippen LogP contribution in [0.2, 0.25) is 0 Å². The van der Waals surface area contributed by atoms with Gasteiger partial charge in [-0.2, -0.15) is 0 Å². The van der Waals surface area contributed by atoms with Crippen molar-refractivity contribution in [1.29, 1.82) is 0 Å². The summed E-state index contributed by atoms with van der Waals surface area (Å²) in [5.41, 5.74) is 2.97. The lowest BCUT2D eigenvalue weighted by molar-refractivity contribution is -0.120. The highest BCUT2D eigenvalue weighted by Crippen LogP contribution is 2.17. The van der Waals surface area contributed by atoms with Crippen molar-refractivity contribution in [1.82, 2.24) is 20.2 Å². The van der Waals surface area contributed by atoms with Crippen molar-refractivity contribution < 1.29 is 4.79 Å². The summed E-state index contributed by atoms with van der Waals surface area (Å²) < 4.78 is 0. The molecule has 2 N–H and O–H groups in total. The number of aryl methyl sites for hydroxylation is 1. The number of aromatic amines is 1. The summed E-state index contributed by atoms with van der Waals surface area (Å²) >= 11 is 0. The average Bonchev–Trinajstić information content (AvgIpc) is 3.09. The van der Waals surface area contributed by atoms with Crippen molar-refractivity contribution in [3.63, 3.8) is 0 Å². The minimum absolute atomic E-state index is 0.105. The van der Waals surface area contributed by atoms with E-state index in [1.807, 2.05) is 25.1 Å². The van der Waals surface area contributed by atoms with E-state index in [9.17, 15) is 4.79 Å². The van der Waals surface area contributed by atoms with E-state index in [2.05, 4.69) is 34.0 Å². The topological polar surface area (TPSA) is 61.0 Å². The summed E-state index contributed by atoms with van der Waals surface area (Å²) in [6.45, 7) is 10.7. The Bertz CT molecular complexity index is 706. The van der Waals surface area contributed by atoms with E-state index in [1.54, 1.807) is 0 Å². The van der Waals surface area contributed by atoms with Crippen molar-refractivity contribution >= 4 is 16.9 Å². The zero-order valence-electron chi connectivity index (χ0n) is 14.9. The first-order chi connectivity index (χ1) is 11.5. The van der Waals surface area contributed by atoms with Crippen LogP contribution in [-0.4, -0.2) is 47.0 Å². The van der Waals surface area contributed by atoms with E-state index >= 15 is 0 Å². The summed E-state index contributed by atoms with van der Waals surface area (Å²) in [5, 5.41) is 3.11. The number of hydrogen-bond donors (Lipinski definition) is 2. The normalized spacial score (nSPS) is 18.6. The standard InChI is InChI=1S/C19H28N4O/c1-13(2)11-23-7-6-16(12-23)10-20-19(24)9-15-4-5-17-18(8-15)22-14(3)21-17/h4-5,8,13,16H,6-7,9-12H2,1-3H3,(H,20,24)(H,21,22). The van der Waals surface area contributed by atoms with Gasteiger partial charge in [-0.3, -0.25) is 4.79 Å². The maximum absolute atomic E-state index is 12.2. The lowest BCUT2D eigenvalue weighted by Gasteiger charge is -2.18. The molecule has 3 rings (SSSR count). The average molecular weight is 328 g/mol. The van der Waals surface area contributed by atoms with Crippen molar-refractivity contribution in [3.8, 4) is 0 Å². The second kappa shape index (κ2) is 7.34. The number of aromatic nitrogens is 2. The number of rotatable bonds is 6. The van der Waals surface area contributed by atoms with Gasteiger partial charge in [0.1, 0.15) is 5.82 Å². The number of fused-ring (bicyclic) bond motifs is 1. The van der Waals surface area contributed by atoms with E-state index in [4.69, 9.17) is 0 Å². The van der Waals surface area contributed by atoms with Crippen LogP contribution in [0, 0.1) is 18.8 Å². The number of benzene rings is 1. The first kappa shape index (κ1) is 17.0. The van der Waals surface area contributed by atoms with Gasteiger partial charge in [0.05, 0.1) is 17.5 Å². The molecule has 5 nitrogen and oxygen atoms in total. The number of nitrogens with zero attached hydrogens (tertiary/aromatic N) is 2. The van der Waals surface area contributed by atoms with Gasteiger partial charge in [-0.25, -0.2) is 4.98 Å². The fourth-order valence-corrected chi connectivity index (χ4v) is 3.56. The van der Waals surface area contributed by atoms with Crippen LogP contribution in [0.3, 0.4) is 0 Å². The summed E-state index contributed by atoms with van der Waals surface area (Å²) in [6, 6.07) is 5.99. The first-order valence-corrected chi connectivity index (χ1v) is 8.94. The largest absolute Gasteiger partial charge is 0.355 e. The van der Waals surface area contributed by atoms with Crippen LogP contribution in [-0.2, 0) is 11.2 Å². The predicted molar refractivity (Wildman–Crippen MR) is 96.9 cm³/mol. The van der Waals surface area contributed by atoms with Crippen LogP contribution in [0.15, 0.2) is 18.2 Å². The molecule has 0 saturated carbocycles. The maximum atomic E-state index is 12.2. The molecule has 0 spiro atoms. The molecule has 0 bridgehead atoms. The smallest absolute Gasteiger partial charge is 0.224 e. The molecule has 1 aliphatic heterocycles. The molecule has 0 radical (unpaired) electrons. The Labute approximate surface area is 143 Å². The SMILES string of the molecule is Cc1nc2ccc(CC(=O)NCC3CCN(CC(C)C)C3)cc2[nH]1. The zero-order chi connectivity index (χ0) is 17.1. The van der Waals surface area contributed by atoms with Crippen molar-refractivity contribution in [2.75, 3.05) is 26.2 Å². The van der Waals surface area contributed by atoms with Gasteiger partial charge in [-0.1, -0.05) is 19.9 Å². The van der Waals surface area contributed by atoms with Crippen molar-refractivity contribution in [3.05, 3.63) is 29.6 Å². The Hall–Kier alpha value is -1.88. The first-order valence-electron chi connectivity index (χ1n) is 8.94. The summed E-state index contributed by atoms with van der Waals surface area (Å²) in [7, 11) is 0. The zero-order valence-corrected chi connectivity index (χ0v) is 14.9. The second-order valence-corrected chi connectivity index (χ2v) is 7.46. The van der Waals surface area contributed by atoms with Crippen molar-refractivity contribution in [2.45, 2.75) is 33.6 Å². The number of amides is 1. The number of carbonyl (C=O) groups is 1. The molecule has 5 heteroatoms. The molecule has 1 fully saturated rings. The van der Waals surface area contributed by atoms with Gasteiger partial charge >= 0.3 is 0 Å². The molecule has 1 aliphatic rings. The molecule has 1 unspecified atom stereocenters. The highest BCUT2D eigenvalue weighted by molar-refractivity contribution is 5.81. The summed E-state index contributed by atoms with van der Waals surface area (Å²) in [4.78, 5) is 22.3. The predicted octanol–water partition coefficient (Wildman–Crippen LogP) is 2.51. The van der Waals surface area contributed by atoms with Crippen LogP contribution in [0.1, 0.15) is 31.7 Å². The molecule has 1 saturated heterocycles. The van der Waals surface area contributed by atoms with Gasteiger partial charge in [0.25, 0.3) is 0 Å². The van der Waals surface area contributed by atoms with Crippen molar-refractivity contribution in [2.24, 2.45) is 11.8 Å². The molecule has 1 atom stereocenters. The van der Waals surface area contributed by atoms with E-state index in [0.29, 0.717) is 18.3 Å². The number of likely N-dealkylation sites (tertiary alicyclic amines) is 1. The highest BCUT2D eigenvalue weighted by atomic mass is 16.1. The molecule has 1 amide bonds. The monoisotopic (exact) mass is 328 g/mol. The number of imidazole rings is 1. The Morgan fingerprint density at radius 3 is 3.08 bits per heavy atom. The van der Waals surface area contributed by atoms with Crippen LogP contribution >= 0.6 is 0 Å². The fraction of sp³-hybridized carbons (Fsp3) is 0.579. The third-order valence-electron chi connectivity index (χ3n) is 4.61. The lowest BCUT2D eigenvalue weighted by atomic mass is 10.1. The third kappa shape index (κ3) is 4.35. The van der Waals surface area contributed by atoms with Gasteiger partial charge in [0, 0.05) is 19.6 Å². The van der Waals surface area contributed by atoms with E-state index in [-0.39, 0.29) is 5.91 Å². The van der Waals surface area contributed by atoms with Gasteiger partial charge in [-0.05, 0) is 49.4 Å². The summed E-state index contributed by atoms with van der Waals surface area (Å²) in [6.07, 6.45) is 1.61. The molecule has 24 heavy (non-hydrogen) atoms. The molecule has 1 aromatic carbocycles. The minimum atomic E-state index is 0.105. The van der Waals surface area contributed by atoms with Crippen LogP contribution < -0.4 is 5.32 Å². The van der Waals surface area contributed by atoms with E-state index in [0.717, 1.165) is 48.6 Å². The molecule has 0 aliphatic carbocycles. The Morgan fingerprint density at radius 2 is 2.29 bits per heavy atom.